The van der Waals surface area contributed by atoms with Crippen molar-refractivity contribution in [1.82, 2.24) is 0 Å². The third kappa shape index (κ3) is 3.90. The fraction of sp³-hybridized carbons (Fsp3) is 0.250. The largest absolute Gasteiger partial charge is 0.416 e. The van der Waals surface area contributed by atoms with E-state index in [9.17, 15) is 21.6 Å². The monoisotopic (exact) mass is 273 g/mol. The van der Waals surface area contributed by atoms with Gasteiger partial charge in [0.05, 0.1) is 17.5 Å². The lowest BCUT2D eigenvalue weighted by Gasteiger charge is -2.10. The number of hydrogen-bond donors (Lipinski definition) is 1. The van der Waals surface area contributed by atoms with Crippen molar-refractivity contribution in [3.05, 3.63) is 28.8 Å². The number of sulfonamides is 1. The Bertz CT molecular complexity index is 498. The molecule has 0 saturated heterocycles. The first-order valence-corrected chi connectivity index (χ1v) is 6.20. The van der Waals surface area contributed by atoms with E-state index in [1.54, 1.807) is 0 Å². The van der Waals surface area contributed by atoms with Crippen molar-refractivity contribution in [1.29, 1.82) is 0 Å². The van der Waals surface area contributed by atoms with Crippen LogP contribution in [0.2, 0.25) is 5.02 Å². The van der Waals surface area contributed by atoms with Crippen molar-refractivity contribution in [3.8, 4) is 0 Å². The highest BCUT2D eigenvalue weighted by Gasteiger charge is 2.31. The summed E-state index contributed by atoms with van der Waals surface area (Å²) in [5.41, 5.74) is -1.23. The van der Waals surface area contributed by atoms with E-state index in [1.165, 1.54) is 0 Å². The Balaban J connectivity index is 3.19. The standard InChI is InChI=1S/C8H7ClF3NO2S/c1-16(14,15)13-7-3-5(8(10,11)12)2-6(9)4-7/h2-4,13H,1H3. The Morgan fingerprint density at radius 2 is 1.81 bits per heavy atom. The van der Waals surface area contributed by atoms with Gasteiger partial charge in [-0.05, 0) is 18.2 Å². The molecule has 1 N–H and O–H groups in total. The quantitative estimate of drug-likeness (QED) is 0.900. The van der Waals surface area contributed by atoms with Gasteiger partial charge in [-0.15, -0.1) is 0 Å². The lowest BCUT2D eigenvalue weighted by molar-refractivity contribution is -0.137. The number of rotatable bonds is 2. The molecule has 1 rings (SSSR count). The van der Waals surface area contributed by atoms with Crippen LogP contribution in [0.5, 0.6) is 0 Å². The normalized spacial score (nSPS) is 12.6. The molecular formula is C8H7ClF3NO2S. The van der Waals surface area contributed by atoms with Crippen LogP contribution >= 0.6 is 11.6 Å². The predicted molar refractivity (Wildman–Crippen MR) is 54.9 cm³/mol. The van der Waals surface area contributed by atoms with Crippen LogP contribution in [0, 0.1) is 0 Å². The fourth-order valence-electron chi connectivity index (χ4n) is 1.03. The van der Waals surface area contributed by atoms with Crippen LogP contribution in [0.25, 0.3) is 0 Å². The van der Waals surface area contributed by atoms with E-state index in [0.717, 1.165) is 18.4 Å². The summed E-state index contributed by atoms with van der Waals surface area (Å²) < 4.78 is 60.6. The Morgan fingerprint density at radius 1 is 1.25 bits per heavy atom. The van der Waals surface area contributed by atoms with Gasteiger partial charge in [-0.1, -0.05) is 11.6 Å². The zero-order valence-electron chi connectivity index (χ0n) is 7.97. The van der Waals surface area contributed by atoms with Gasteiger partial charge in [0.1, 0.15) is 0 Å². The number of halogens is 4. The first kappa shape index (κ1) is 13.1. The molecule has 16 heavy (non-hydrogen) atoms. The average Bonchev–Trinajstić information content (AvgIpc) is 1.97. The van der Waals surface area contributed by atoms with Crippen LogP contribution in [0.4, 0.5) is 18.9 Å². The Labute approximate surface area is 95.3 Å². The van der Waals surface area contributed by atoms with Gasteiger partial charge in [-0.3, -0.25) is 4.72 Å². The molecule has 0 amide bonds. The summed E-state index contributed by atoms with van der Waals surface area (Å²) >= 11 is 5.45. The van der Waals surface area contributed by atoms with Gasteiger partial charge in [0.15, 0.2) is 0 Å². The molecule has 0 radical (unpaired) electrons. The molecule has 8 heteroatoms. The van der Waals surface area contributed by atoms with Gasteiger partial charge in [0.2, 0.25) is 10.0 Å². The Morgan fingerprint density at radius 3 is 2.25 bits per heavy atom. The zero-order valence-corrected chi connectivity index (χ0v) is 9.54. The van der Waals surface area contributed by atoms with Gasteiger partial charge in [0.25, 0.3) is 0 Å². The highest BCUT2D eigenvalue weighted by Crippen LogP contribution is 2.33. The highest BCUT2D eigenvalue weighted by atomic mass is 35.5. The minimum Gasteiger partial charge on any atom is -0.284 e. The van der Waals surface area contributed by atoms with Gasteiger partial charge in [-0.2, -0.15) is 13.2 Å². The van der Waals surface area contributed by atoms with Crippen molar-refractivity contribution >= 4 is 27.3 Å². The van der Waals surface area contributed by atoms with E-state index in [4.69, 9.17) is 11.6 Å². The van der Waals surface area contributed by atoms with E-state index >= 15 is 0 Å². The Hall–Kier alpha value is -0.950. The van der Waals surface area contributed by atoms with Crippen molar-refractivity contribution in [2.24, 2.45) is 0 Å². The number of anilines is 1. The van der Waals surface area contributed by atoms with Crippen LogP contribution in [0.3, 0.4) is 0 Å². The van der Waals surface area contributed by atoms with E-state index in [2.05, 4.69) is 0 Å². The maximum Gasteiger partial charge on any atom is 0.416 e. The minimum atomic E-state index is -4.57. The summed E-state index contributed by atoms with van der Waals surface area (Å²) in [5, 5.41) is -0.194. The number of hydrogen-bond acceptors (Lipinski definition) is 2. The van der Waals surface area contributed by atoms with E-state index in [1.807, 2.05) is 4.72 Å². The SMILES string of the molecule is CS(=O)(=O)Nc1cc(Cl)cc(C(F)(F)F)c1. The van der Waals surface area contributed by atoms with Crippen molar-refractivity contribution < 1.29 is 21.6 Å². The average molecular weight is 274 g/mol. The zero-order chi connectivity index (χ0) is 12.6. The molecule has 0 aliphatic rings. The van der Waals surface area contributed by atoms with Crippen molar-refractivity contribution in [3.63, 3.8) is 0 Å². The summed E-state index contributed by atoms with van der Waals surface area (Å²) in [7, 11) is -3.63. The fourth-order valence-corrected chi connectivity index (χ4v) is 1.81. The third-order valence-corrected chi connectivity index (χ3v) is 2.35. The molecule has 0 saturated carbocycles. The van der Waals surface area contributed by atoms with Gasteiger partial charge < -0.3 is 0 Å². The molecule has 3 nitrogen and oxygen atoms in total. The van der Waals surface area contributed by atoms with Crippen LogP contribution in [0.15, 0.2) is 18.2 Å². The van der Waals surface area contributed by atoms with Crippen LogP contribution in [-0.2, 0) is 16.2 Å². The molecular weight excluding hydrogens is 267 g/mol. The smallest absolute Gasteiger partial charge is 0.284 e. The molecule has 0 heterocycles. The van der Waals surface area contributed by atoms with Crippen LogP contribution < -0.4 is 4.72 Å². The third-order valence-electron chi connectivity index (χ3n) is 1.53. The molecule has 0 fully saturated rings. The number of benzene rings is 1. The van der Waals surface area contributed by atoms with Gasteiger partial charge >= 0.3 is 6.18 Å². The minimum absolute atomic E-state index is 0.194. The van der Waals surface area contributed by atoms with E-state index in [0.29, 0.717) is 6.07 Å². The first-order chi connectivity index (χ1) is 7.08. The summed E-state index contributed by atoms with van der Waals surface area (Å²) in [6.07, 6.45) is -3.74. The molecule has 0 spiro atoms. The topological polar surface area (TPSA) is 46.2 Å². The predicted octanol–water partition coefficient (Wildman–Crippen LogP) is 2.73. The summed E-state index contributed by atoms with van der Waals surface area (Å²) in [4.78, 5) is 0. The molecule has 1 aromatic carbocycles. The maximum atomic E-state index is 12.3. The first-order valence-electron chi connectivity index (χ1n) is 3.93. The van der Waals surface area contributed by atoms with Gasteiger partial charge in [0, 0.05) is 5.02 Å². The number of alkyl halides is 3. The maximum absolute atomic E-state index is 12.3. The van der Waals surface area contributed by atoms with E-state index in [-0.39, 0.29) is 10.7 Å². The molecule has 0 aliphatic heterocycles. The molecule has 90 valence electrons. The number of nitrogens with one attached hydrogen (secondary N) is 1. The molecule has 0 atom stereocenters. The van der Waals surface area contributed by atoms with Crippen molar-refractivity contribution in [2.45, 2.75) is 6.18 Å². The van der Waals surface area contributed by atoms with Crippen LogP contribution in [0.1, 0.15) is 5.56 Å². The lowest BCUT2D eigenvalue weighted by Crippen LogP contribution is -2.11. The molecule has 0 bridgehead atoms. The second kappa shape index (κ2) is 4.14. The summed E-state index contributed by atoms with van der Waals surface area (Å²) in [5.74, 6) is 0. The van der Waals surface area contributed by atoms with Gasteiger partial charge in [-0.25, -0.2) is 8.42 Å². The van der Waals surface area contributed by atoms with Crippen molar-refractivity contribution in [2.75, 3.05) is 11.0 Å². The van der Waals surface area contributed by atoms with Crippen LogP contribution in [-0.4, -0.2) is 14.7 Å². The molecule has 0 aromatic heterocycles. The Kier molecular flexibility index (Phi) is 3.39. The summed E-state index contributed by atoms with van der Waals surface area (Å²) in [6.45, 7) is 0. The second-order valence-electron chi connectivity index (χ2n) is 3.10. The summed E-state index contributed by atoms with van der Waals surface area (Å²) in [6, 6.07) is 2.49. The second-order valence-corrected chi connectivity index (χ2v) is 5.29. The lowest BCUT2D eigenvalue weighted by atomic mass is 10.2. The van der Waals surface area contributed by atoms with E-state index < -0.39 is 21.8 Å². The molecule has 0 unspecified atom stereocenters. The molecule has 0 aliphatic carbocycles. The highest BCUT2D eigenvalue weighted by molar-refractivity contribution is 7.92. The molecule has 1 aromatic rings.